The van der Waals surface area contributed by atoms with Gasteiger partial charge in [-0.15, -0.1) is 0 Å². The van der Waals surface area contributed by atoms with Crippen molar-refractivity contribution in [1.82, 2.24) is 9.55 Å². The van der Waals surface area contributed by atoms with Crippen LogP contribution in [0.1, 0.15) is 20.3 Å². The highest BCUT2D eigenvalue weighted by atomic mass is 35.5. The first-order valence-electron chi connectivity index (χ1n) is 7.03. The predicted octanol–water partition coefficient (Wildman–Crippen LogP) is 2.60. The summed E-state index contributed by atoms with van der Waals surface area (Å²) in [6.07, 6.45) is -5.04. The zero-order valence-electron chi connectivity index (χ0n) is 12.5. The van der Waals surface area contributed by atoms with Gasteiger partial charge in [0.25, 0.3) is 5.56 Å². The van der Waals surface area contributed by atoms with Gasteiger partial charge in [0, 0.05) is 13.1 Å². The van der Waals surface area contributed by atoms with E-state index < -0.39 is 28.7 Å². The van der Waals surface area contributed by atoms with E-state index in [4.69, 9.17) is 16.3 Å². The minimum absolute atomic E-state index is 0.00904. The number of hydrogen-bond donors (Lipinski definition) is 0. The molecule has 0 aromatic carbocycles. The monoisotopic (exact) mass is 357 g/mol. The maximum absolute atomic E-state index is 13.5. The Balaban J connectivity index is 2.41. The summed E-state index contributed by atoms with van der Waals surface area (Å²) in [5.41, 5.74) is -1.07. The number of anilines is 1. The molecule has 0 fully saturated rings. The van der Waals surface area contributed by atoms with Crippen LogP contribution < -0.4 is 10.5 Å². The molecule has 0 amide bonds. The molecule has 0 aliphatic carbocycles. The van der Waals surface area contributed by atoms with E-state index in [1.54, 1.807) is 13.8 Å². The van der Waals surface area contributed by atoms with Gasteiger partial charge in [0.05, 0.1) is 12.7 Å². The van der Waals surface area contributed by atoms with Crippen LogP contribution in [0.3, 0.4) is 0 Å². The molecule has 0 saturated heterocycles. The van der Waals surface area contributed by atoms with Crippen molar-refractivity contribution in [3.8, 4) is 0 Å². The zero-order chi connectivity index (χ0) is 17.4. The van der Waals surface area contributed by atoms with E-state index in [1.165, 1.54) is 0 Å². The Morgan fingerprint density at radius 3 is 2.65 bits per heavy atom. The molecule has 10 heteroatoms. The lowest BCUT2D eigenvalue weighted by Crippen LogP contribution is -2.53. The first-order valence-corrected chi connectivity index (χ1v) is 7.41. The SMILES string of the molecule is CC(C)OCCN1c2nc(Cl)c(F)c(=O)n2CC[C@H]1C(F)(F)F. The molecule has 5 nitrogen and oxygen atoms in total. The molecule has 0 N–H and O–H groups in total. The maximum atomic E-state index is 13.5. The molecule has 0 spiro atoms. The summed E-state index contributed by atoms with van der Waals surface area (Å²) < 4.78 is 59.4. The van der Waals surface area contributed by atoms with E-state index in [2.05, 4.69) is 4.98 Å². The Morgan fingerprint density at radius 2 is 2.09 bits per heavy atom. The molecular formula is C13H16ClF4N3O2. The van der Waals surface area contributed by atoms with Crippen molar-refractivity contribution >= 4 is 17.5 Å². The molecule has 0 unspecified atom stereocenters. The standard InChI is InChI=1S/C13H16ClF4N3O2/c1-7(2)23-6-5-20-8(13(16,17)18)3-4-21-11(22)9(15)10(14)19-12(20)21/h7-8H,3-6H2,1-2H3/t8-/m0/s1. The second kappa shape index (κ2) is 6.64. The molecular weight excluding hydrogens is 342 g/mol. The first-order chi connectivity index (χ1) is 10.6. The van der Waals surface area contributed by atoms with E-state index in [1.807, 2.05) is 0 Å². The van der Waals surface area contributed by atoms with Crippen LogP contribution in [-0.2, 0) is 11.3 Å². The number of halogens is 5. The van der Waals surface area contributed by atoms with Gasteiger partial charge in [-0.1, -0.05) is 11.6 Å². The molecule has 2 heterocycles. The van der Waals surface area contributed by atoms with Crippen LogP contribution in [0, 0.1) is 5.82 Å². The van der Waals surface area contributed by atoms with Gasteiger partial charge in [0.1, 0.15) is 6.04 Å². The number of alkyl halides is 3. The summed E-state index contributed by atoms with van der Waals surface area (Å²) >= 11 is 5.52. The van der Waals surface area contributed by atoms with Gasteiger partial charge in [0.15, 0.2) is 5.15 Å². The highest BCUT2D eigenvalue weighted by Crippen LogP contribution is 2.33. The third-order valence-corrected chi connectivity index (χ3v) is 3.72. The van der Waals surface area contributed by atoms with E-state index in [9.17, 15) is 22.4 Å². The molecule has 23 heavy (non-hydrogen) atoms. The zero-order valence-corrected chi connectivity index (χ0v) is 13.3. The summed E-state index contributed by atoms with van der Waals surface area (Å²) in [5, 5.41) is -0.737. The average molecular weight is 358 g/mol. The van der Waals surface area contributed by atoms with Crippen molar-refractivity contribution in [2.75, 3.05) is 18.1 Å². The smallest absolute Gasteiger partial charge is 0.377 e. The van der Waals surface area contributed by atoms with Crippen molar-refractivity contribution in [2.45, 2.75) is 45.1 Å². The topological polar surface area (TPSA) is 47.4 Å². The highest BCUT2D eigenvalue weighted by Gasteiger charge is 2.47. The van der Waals surface area contributed by atoms with Crippen molar-refractivity contribution in [1.29, 1.82) is 0 Å². The molecule has 0 radical (unpaired) electrons. The van der Waals surface area contributed by atoms with Crippen LogP contribution in [-0.4, -0.2) is 41.0 Å². The van der Waals surface area contributed by atoms with E-state index in [0.29, 0.717) is 0 Å². The fourth-order valence-corrected chi connectivity index (χ4v) is 2.60. The quantitative estimate of drug-likeness (QED) is 0.614. The van der Waals surface area contributed by atoms with Crippen LogP contribution in [0.15, 0.2) is 4.79 Å². The van der Waals surface area contributed by atoms with Crippen LogP contribution in [0.2, 0.25) is 5.15 Å². The third-order valence-electron chi connectivity index (χ3n) is 3.47. The second-order valence-electron chi connectivity index (χ2n) is 5.43. The van der Waals surface area contributed by atoms with Gasteiger partial charge in [-0.25, -0.2) is 0 Å². The van der Waals surface area contributed by atoms with Crippen molar-refractivity contribution in [2.24, 2.45) is 0 Å². The lowest BCUT2D eigenvalue weighted by atomic mass is 10.1. The predicted molar refractivity (Wildman–Crippen MR) is 76.4 cm³/mol. The van der Waals surface area contributed by atoms with E-state index in [-0.39, 0.29) is 38.2 Å². The lowest BCUT2D eigenvalue weighted by Gasteiger charge is -2.38. The number of fused-ring (bicyclic) bond motifs is 1. The number of aromatic nitrogens is 2. The van der Waals surface area contributed by atoms with Gasteiger partial charge in [0.2, 0.25) is 11.8 Å². The summed E-state index contributed by atoms with van der Waals surface area (Å²) in [5.74, 6) is -1.55. The number of hydrogen-bond acceptors (Lipinski definition) is 4. The van der Waals surface area contributed by atoms with Crippen LogP contribution in [0.5, 0.6) is 0 Å². The molecule has 1 atom stereocenters. The fourth-order valence-electron chi connectivity index (χ4n) is 2.45. The Morgan fingerprint density at radius 1 is 1.43 bits per heavy atom. The lowest BCUT2D eigenvalue weighted by molar-refractivity contribution is -0.153. The van der Waals surface area contributed by atoms with Crippen molar-refractivity contribution in [3.63, 3.8) is 0 Å². The van der Waals surface area contributed by atoms with Gasteiger partial charge in [-0.05, 0) is 20.3 Å². The maximum Gasteiger partial charge on any atom is 0.408 e. The van der Waals surface area contributed by atoms with E-state index >= 15 is 0 Å². The van der Waals surface area contributed by atoms with Gasteiger partial charge in [-0.3, -0.25) is 9.36 Å². The molecule has 0 saturated carbocycles. The highest BCUT2D eigenvalue weighted by molar-refractivity contribution is 6.29. The summed E-state index contributed by atoms with van der Waals surface area (Å²) in [6.45, 7) is 3.09. The fraction of sp³-hybridized carbons (Fsp3) is 0.692. The Hall–Kier alpha value is -1.35. The van der Waals surface area contributed by atoms with Crippen molar-refractivity contribution < 1.29 is 22.3 Å². The molecule has 1 aliphatic rings. The van der Waals surface area contributed by atoms with Crippen LogP contribution in [0.25, 0.3) is 0 Å². The van der Waals surface area contributed by atoms with E-state index in [0.717, 1.165) is 9.47 Å². The average Bonchev–Trinajstić information content (AvgIpc) is 2.43. The molecule has 1 aromatic heterocycles. The minimum Gasteiger partial charge on any atom is -0.377 e. The second-order valence-corrected chi connectivity index (χ2v) is 5.79. The molecule has 1 aromatic rings. The summed E-state index contributed by atoms with van der Waals surface area (Å²) in [4.78, 5) is 16.4. The van der Waals surface area contributed by atoms with Gasteiger partial charge in [-0.2, -0.15) is 22.5 Å². The molecule has 130 valence electrons. The van der Waals surface area contributed by atoms with Gasteiger partial charge >= 0.3 is 6.18 Å². The number of rotatable bonds is 4. The van der Waals surface area contributed by atoms with Gasteiger partial charge < -0.3 is 9.64 Å². The van der Waals surface area contributed by atoms with Crippen molar-refractivity contribution in [3.05, 3.63) is 21.3 Å². The molecule has 0 bridgehead atoms. The Labute approximate surface area is 134 Å². The minimum atomic E-state index is -4.51. The number of nitrogens with zero attached hydrogens (tertiary/aromatic N) is 3. The Kier molecular flexibility index (Phi) is 5.20. The Bertz CT molecular complexity index is 633. The van der Waals surface area contributed by atoms with Crippen LogP contribution >= 0.6 is 11.6 Å². The summed E-state index contributed by atoms with van der Waals surface area (Å²) in [6, 6.07) is -1.83. The third kappa shape index (κ3) is 3.77. The largest absolute Gasteiger partial charge is 0.408 e. The summed E-state index contributed by atoms with van der Waals surface area (Å²) in [7, 11) is 0. The first kappa shape index (κ1) is 18.0. The molecule has 2 rings (SSSR count). The number of ether oxygens (including phenoxy) is 1. The van der Waals surface area contributed by atoms with Crippen LogP contribution in [0.4, 0.5) is 23.5 Å². The molecule has 1 aliphatic heterocycles. The normalized spacial score (nSPS) is 18.4.